The Morgan fingerprint density at radius 2 is 1.95 bits per heavy atom. The van der Waals surface area contributed by atoms with Gasteiger partial charge >= 0.3 is 5.97 Å². The lowest BCUT2D eigenvalue weighted by Gasteiger charge is -2.31. The van der Waals surface area contributed by atoms with Crippen LogP contribution in [0, 0.1) is 5.92 Å². The van der Waals surface area contributed by atoms with E-state index in [1.807, 2.05) is 24.3 Å². The number of nitrogens with zero attached hydrogens (tertiary/aromatic N) is 1. The monoisotopic (exact) mass is 277 g/mol. The third kappa shape index (κ3) is 4.53. The molecule has 1 aliphatic heterocycles. The van der Waals surface area contributed by atoms with Gasteiger partial charge in [0.25, 0.3) is 0 Å². The van der Waals surface area contributed by atoms with Crippen LogP contribution in [0.25, 0.3) is 0 Å². The van der Waals surface area contributed by atoms with Gasteiger partial charge in [0.15, 0.2) is 6.61 Å². The van der Waals surface area contributed by atoms with Crippen LogP contribution in [0.3, 0.4) is 0 Å². The van der Waals surface area contributed by atoms with E-state index < -0.39 is 5.97 Å². The Hall–Kier alpha value is -1.55. The Morgan fingerprint density at radius 1 is 1.30 bits per heavy atom. The Bertz CT molecular complexity index is 422. The van der Waals surface area contributed by atoms with Crippen LogP contribution in [0.5, 0.6) is 5.75 Å². The summed E-state index contributed by atoms with van der Waals surface area (Å²) in [6, 6.07) is 7.72. The number of carboxylic acids is 1. The molecule has 1 aromatic carbocycles. The lowest BCUT2D eigenvalue weighted by atomic mass is 9.94. The average Bonchev–Trinajstić information content (AvgIpc) is 2.47. The number of ether oxygens (including phenoxy) is 1. The van der Waals surface area contributed by atoms with E-state index in [2.05, 4.69) is 11.8 Å². The Labute approximate surface area is 120 Å². The molecule has 0 atom stereocenters. The van der Waals surface area contributed by atoms with Crippen molar-refractivity contribution >= 4 is 5.97 Å². The first-order chi connectivity index (χ1) is 9.67. The summed E-state index contributed by atoms with van der Waals surface area (Å²) in [5.41, 5.74) is 1.25. The number of hydrogen-bond donors (Lipinski definition) is 1. The fourth-order valence-corrected chi connectivity index (χ4v) is 2.65. The summed E-state index contributed by atoms with van der Waals surface area (Å²) in [4.78, 5) is 12.9. The van der Waals surface area contributed by atoms with Crippen LogP contribution in [-0.2, 0) is 11.3 Å². The van der Waals surface area contributed by atoms with Gasteiger partial charge in [-0.05, 0) is 49.5 Å². The van der Waals surface area contributed by atoms with Crippen LogP contribution in [0.2, 0.25) is 0 Å². The van der Waals surface area contributed by atoms with Crippen molar-refractivity contribution in [3.8, 4) is 5.75 Å². The van der Waals surface area contributed by atoms with E-state index in [4.69, 9.17) is 9.84 Å². The summed E-state index contributed by atoms with van der Waals surface area (Å²) in [5, 5.41) is 8.56. The van der Waals surface area contributed by atoms with Gasteiger partial charge in [-0.3, -0.25) is 4.90 Å². The van der Waals surface area contributed by atoms with Gasteiger partial charge in [-0.25, -0.2) is 4.79 Å². The quantitative estimate of drug-likeness (QED) is 0.868. The van der Waals surface area contributed by atoms with Crippen LogP contribution in [0.1, 0.15) is 31.7 Å². The summed E-state index contributed by atoms with van der Waals surface area (Å²) >= 11 is 0. The SMILES string of the molecule is CCC1CCN(Cc2ccc(OCC(=O)O)cc2)CC1. The first-order valence-corrected chi connectivity index (χ1v) is 7.33. The molecule has 1 heterocycles. The molecule has 110 valence electrons. The molecule has 1 N–H and O–H groups in total. The number of rotatable bonds is 6. The number of hydrogen-bond acceptors (Lipinski definition) is 3. The molecule has 4 heteroatoms. The minimum atomic E-state index is -0.951. The Kier molecular flexibility index (Phi) is 5.41. The predicted octanol–water partition coefficient (Wildman–Crippen LogP) is 2.77. The van der Waals surface area contributed by atoms with Gasteiger partial charge in [0.05, 0.1) is 0 Å². The van der Waals surface area contributed by atoms with Gasteiger partial charge in [-0.1, -0.05) is 25.5 Å². The maximum Gasteiger partial charge on any atom is 0.341 e. The van der Waals surface area contributed by atoms with Crippen molar-refractivity contribution in [3.05, 3.63) is 29.8 Å². The fourth-order valence-electron chi connectivity index (χ4n) is 2.65. The van der Waals surface area contributed by atoms with E-state index in [1.54, 1.807) is 0 Å². The zero-order valence-corrected chi connectivity index (χ0v) is 12.0. The first-order valence-electron chi connectivity index (χ1n) is 7.33. The molecule has 1 aromatic rings. The number of benzene rings is 1. The third-order valence-electron chi connectivity index (χ3n) is 3.98. The van der Waals surface area contributed by atoms with Crippen LogP contribution in [0.15, 0.2) is 24.3 Å². The zero-order valence-electron chi connectivity index (χ0n) is 12.0. The normalized spacial score (nSPS) is 17.1. The molecule has 1 saturated heterocycles. The number of aliphatic carboxylic acids is 1. The van der Waals surface area contributed by atoms with Gasteiger partial charge in [0.1, 0.15) is 5.75 Å². The van der Waals surface area contributed by atoms with Crippen molar-refractivity contribution in [2.75, 3.05) is 19.7 Å². The maximum atomic E-state index is 10.4. The number of carboxylic acid groups (broad SMARTS) is 1. The Morgan fingerprint density at radius 3 is 2.50 bits per heavy atom. The van der Waals surface area contributed by atoms with E-state index >= 15 is 0 Å². The summed E-state index contributed by atoms with van der Waals surface area (Å²) in [6.07, 6.45) is 3.90. The molecular formula is C16H23NO3. The lowest BCUT2D eigenvalue weighted by Crippen LogP contribution is -2.32. The van der Waals surface area contributed by atoms with E-state index in [9.17, 15) is 4.79 Å². The smallest absolute Gasteiger partial charge is 0.341 e. The lowest BCUT2D eigenvalue weighted by molar-refractivity contribution is -0.139. The molecule has 0 spiro atoms. The summed E-state index contributed by atoms with van der Waals surface area (Å²) in [7, 11) is 0. The molecule has 0 radical (unpaired) electrons. The van der Waals surface area contributed by atoms with E-state index in [-0.39, 0.29) is 6.61 Å². The highest BCUT2D eigenvalue weighted by atomic mass is 16.5. The van der Waals surface area contributed by atoms with Crippen molar-refractivity contribution < 1.29 is 14.6 Å². The molecule has 2 rings (SSSR count). The highest BCUT2D eigenvalue weighted by Gasteiger charge is 2.17. The molecule has 0 aliphatic carbocycles. The van der Waals surface area contributed by atoms with Crippen molar-refractivity contribution in [1.29, 1.82) is 0 Å². The van der Waals surface area contributed by atoms with Gasteiger partial charge in [0, 0.05) is 6.54 Å². The molecule has 1 fully saturated rings. The molecule has 0 bridgehead atoms. The standard InChI is InChI=1S/C16H23NO3/c1-2-13-7-9-17(10-8-13)11-14-3-5-15(6-4-14)20-12-16(18)19/h3-6,13H,2,7-12H2,1H3,(H,18,19). The van der Waals surface area contributed by atoms with Gasteiger partial charge in [0.2, 0.25) is 0 Å². The summed E-state index contributed by atoms with van der Waals surface area (Å²) in [5.74, 6) is 0.562. The molecule has 0 unspecified atom stereocenters. The second kappa shape index (κ2) is 7.29. The maximum absolute atomic E-state index is 10.4. The van der Waals surface area contributed by atoms with Crippen LogP contribution >= 0.6 is 0 Å². The van der Waals surface area contributed by atoms with Crippen molar-refractivity contribution in [1.82, 2.24) is 4.90 Å². The molecule has 4 nitrogen and oxygen atoms in total. The fraction of sp³-hybridized carbons (Fsp3) is 0.562. The number of likely N-dealkylation sites (tertiary alicyclic amines) is 1. The highest BCUT2D eigenvalue weighted by Crippen LogP contribution is 2.22. The molecule has 1 aliphatic rings. The largest absolute Gasteiger partial charge is 0.482 e. The highest BCUT2D eigenvalue weighted by molar-refractivity contribution is 5.68. The third-order valence-corrected chi connectivity index (χ3v) is 3.98. The van der Waals surface area contributed by atoms with Crippen LogP contribution in [-0.4, -0.2) is 35.7 Å². The van der Waals surface area contributed by atoms with E-state index in [0.717, 1.165) is 12.5 Å². The predicted molar refractivity (Wildman–Crippen MR) is 77.9 cm³/mol. The molecule has 0 aromatic heterocycles. The first kappa shape index (κ1) is 14.9. The van der Waals surface area contributed by atoms with Gasteiger partial charge < -0.3 is 9.84 Å². The van der Waals surface area contributed by atoms with Crippen molar-refractivity contribution in [2.24, 2.45) is 5.92 Å². The zero-order chi connectivity index (χ0) is 14.4. The second-order valence-electron chi connectivity index (χ2n) is 5.45. The Balaban J connectivity index is 1.80. The summed E-state index contributed by atoms with van der Waals surface area (Å²) < 4.78 is 5.13. The van der Waals surface area contributed by atoms with E-state index in [0.29, 0.717) is 5.75 Å². The summed E-state index contributed by atoms with van der Waals surface area (Å²) in [6.45, 7) is 5.31. The van der Waals surface area contributed by atoms with Crippen LogP contribution < -0.4 is 4.74 Å². The minimum absolute atomic E-state index is 0.288. The molecular weight excluding hydrogens is 254 g/mol. The molecule has 0 saturated carbocycles. The minimum Gasteiger partial charge on any atom is -0.482 e. The second-order valence-corrected chi connectivity index (χ2v) is 5.45. The van der Waals surface area contributed by atoms with Crippen molar-refractivity contribution in [2.45, 2.75) is 32.7 Å². The number of piperidine rings is 1. The average molecular weight is 277 g/mol. The molecule has 20 heavy (non-hydrogen) atoms. The molecule has 0 amide bonds. The van der Waals surface area contributed by atoms with Crippen molar-refractivity contribution in [3.63, 3.8) is 0 Å². The van der Waals surface area contributed by atoms with E-state index in [1.165, 1.54) is 37.9 Å². The van der Waals surface area contributed by atoms with Gasteiger partial charge in [-0.2, -0.15) is 0 Å². The van der Waals surface area contributed by atoms with Crippen LogP contribution in [0.4, 0.5) is 0 Å². The number of carbonyl (C=O) groups is 1. The topological polar surface area (TPSA) is 49.8 Å². The van der Waals surface area contributed by atoms with Gasteiger partial charge in [-0.15, -0.1) is 0 Å².